The Hall–Kier alpha value is -4.09. The Morgan fingerprint density at radius 1 is 1.21 bits per heavy atom. The van der Waals surface area contributed by atoms with Crippen LogP contribution in [-0.2, 0) is 5.54 Å². The Morgan fingerprint density at radius 3 is 2.65 bits per heavy atom. The van der Waals surface area contributed by atoms with Gasteiger partial charge in [-0.2, -0.15) is 0 Å². The van der Waals surface area contributed by atoms with Crippen molar-refractivity contribution in [3.63, 3.8) is 0 Å². The molecule has 1 aromatic carbocycles. The number of rotatable bonds is 5. The highest BCUT2D eigenvalue weighted by Crippen LogP contribution is 2.45. The number of halogens is 4. The van der Waals surface area contributed by atoms with Gasteiger partial charge in [0.15, 0.2) is 23.1 Å². The molecule has 8 nitrogen and oxygen atoms in total. The van der Waals surface area contributed by atoms with Crippen LogP contribution in [0.5, 0.6) is 17.2 Å². The van der Waals surface area contributed by atoms with Crippen molar-refractivity contribution in [2.24, 2.45) is 0 Å². The first-order chi connectivity index (χ1) is 16.1. The lowest BCUT2D eigenvalue weighted by molar-refractivity contribution is -0.275. The van der Waals surface area contributed by atoms with E-state index < -0.39 is 34.9 Å². The molecule has 4 rings (SSSR count). The Labute approximate surface area is 189 Å². The molecule has 0 saturated carbocycles. The van der Waals surface area contributed by atoms with Gasteiger partial charge in [-0.3, -0.25) is 14.6 Å². The molecule has 0 unspecified atom stereocenters. The number of amides is 1. The zero-order chi connectivity index (χ0) is 24.5. The van der Waals surface area contributed by atoms with E-state index in [-0.39, 0.29) is 35.6 Å². The first-order valence-corrected chi connectivity index (χ1v) is 9.86. The van der Waals surface area contributed by atoms with Gasteiger partial charge in [0.25, 0.3) is 5.91 Å². The van der Waals surface area contributed by atoms with Gasteiger partial charge in [-0.15, -0.1) is 13.2 Å². The molecule has 34 heavy (non-hydrogen) atoms. The SMILES string of the molecule is COc1ccnc2c1OCC[C@]2(NC(=O)c1ccc(=O)[nH]c1)c1ccc(OC(F)(F)F)c(F)c1. The quantitative estimate of drug-likeness (QED) is 0.545. The normalized spacial score (nSPS) is 17.3. The largest absolute Gasteiger partial charge is 0.573 e. The highest BCUT2D eigenvalue weighted by molar-refractivity contribution is 5.94. The Bertz CT molecular complexity index is 1270. The zero-order valence-electron chi connectivity index (χ0n) is 17.5. The average Bonchev–Trinajstić information content (AvgIpc) is 2.79. The standard InChI is InChI=1S/C22H17F4N3O5/c1-32-16-6-8-27-19-18(16)33-9-7-21(19,29-20(31)12-2-5-17(30)28-11-12)13-3-4-15(14(23)10-13)34-22(24,25)26/h2-6,8,10-11H,7,9H2,1H3,(H,28,30)(H,29,31)/t21-/m0/s1. The third-order valence-electron chi connectivity index (χ3n) is 5.24. The van der Waals surface area contributed by atoms with Gasteiger partial charge in [-0.05, 0) is 23.8 Å². The van der Waals surface area contributed by atoms with Gasteiger partial charge in [0.05, 0.1) is 19.3 Å². The lowest BCUT2D eigenvalue weighted by Gasteiger charge is -2.39. The van der Waals surface area contributed by atoms with Crippen molar-refractivity contribution in [2.45, 2.75) is 18.3 Å². The molecule has 0 saturated heterocycles. The van der Waals surface area contributed by atoms with Crippen molar-refractivity contribution in [1.29, 1.82) is 0 Å². The number of aromatic nitrogens is 2. The summed E-state index contributed by atoms with van der Waals surface area (Å²) in [4.78, 5) is 31.2. The van der Waals surface area contributed by atoms with Crippen LogP contribution in [0.1, 0.15) is 28.0 Å². The first-order valence-electron chi connectivity index (χ1n) is 9.86. The smallest absolute Gasteiger partial charge is 0.493 e. The molecular formula is C22H17F4N3O5. The minimum absolute atomic E-state index is 0.0450. The summed E-state index contributed by atoms with van der Waals surface area (Å²) in [7, 11) is 1.40. The number of benzene rings is 1. The van der Waals surface area contributed by atoms with E-state index in [1.165, 1.54) is 37.7 Å². The highest BCUT2D eigenvalue weighted by Gasteiger charge is 2.44. The molecular weight excluding hydrogens is 462 g/mol. The van der Waals surface area contributed by atoms with E-state index in [1.54, 1.807) is 0 Å². The van der Waals surface area contributed by atoms with Crippen LogP contribution in [0.15, 0.2) is 53.6 Å². The number of fused-ring (bicyclic) bond motifs is 1. The number of alkyl halides is 3. The molecule has 0 aliphatic carbocycles. The number of carbonyl (C=O) groups excluding carboxylic acids is 1. The van der Waals surface area contributed by atoms with Crippen LogP contribution in [0.2, 0.25) is 0 Å². The molecule has 0 bridgehead atoms. The minimum atomic E-state index is -5.08. The number of hydrogen-bond acceptors (Lipinski definition) is 6. The van der Waals surface area contributed by atoms with E-state index in [0.29, 0.717) is 5.75 Å². The molecule has 0 radical (unpaired) electrons. The lowest BCUT2D eigenvalue weighted by atomic mass is 9.81. The Balaban J connectivity index is 1.85. The molecule has 0 fully saturated rings. The average molecular weight is 479 g/mol. The molecule has 12 heteroatoms. The molecule has 1 amide bonds. The second-order valence-corrected chi connectivity index (χ2v) is 7.28. The highest BCUT2D eigenvalue weighted by atomic mass is 19.4. The molecule has 2 aromatic heterocycles. The topological polar surface area (TPSA) is 103 Å². The predicted octanol–water partition coefficient (Wildman–Crippen LogP) is 3.27. The van der Waals surface area contributed by atoms with Crippen LogP contribution >= 0.6 is 0 Å². The van der Waals surface area contributed by atoms with Crippen molar-refractivity contribution in [2.75, 3.05) is 13.7 Å². The van der Waals surface area contributed by atoms with Crippen LogP contribution in [0.3, 0.4) is 0 Å². The van der Waals surface area contributed by atoms with E-state index in [9.17, 15) is 27.2 Å². The molecule has 1 aliphatic rings. The summed E-state index contributed by atoms with van der Waals surface area (Å²) < 4.78 is 67.2. The number of aromatic amines is 1. The van der Waals surface area contributed by atoms with Gasteiger partial charge in [0.2, 0.25) is 5.56 Å². The van der Waals surface area contributed by atoms with Crippen LogP contribution in [0.25, 0.3) is 0 Å². The second-order valence-electron chi connectivity index (χ2n) is 7.28. The summed E-state index contributed by atoms with van der Waals surface area (Å²) in [5, 5.41) is 2.80. The molecule has 3 heterocycles. The fourth-order valence-electron chi connectivity index (χ4n) is 3.73. The van der Waals surface area contributed by atoms with Gasteiger partial charge in [0, 0.05) is 30.9 Å². The van der Waals surface area contributed by atoms with Crippen LogP contribution in [-0.4, -0.2) is 36.0 Å². The number of ether oxygens (including phenoxy) is 3. The van der Waals surface area contributed by atoms with E-state index in [4.69, 9.17) is 9.47 Å². The maximum absolute atomic E-state index is 14.7. The molecule has 0 spiro atoms. The summed E-state index contributed by atoms with van der Waals surface area (Å²) in [6.45, 7) is 0.0450. The molecule has 1 atom stereocenters. The van der Waals surface area contributed by atoms with Gasteiger partial charge in [-0.1, -0.05) is 6.07 Å². The number of nitrogens with one attached hydrogen (secondary N) is 2. The van der Waals surface area contributed by atoms with Crippen molar-refractivity contribution >= 4 is 5.91 Å². The number of pyridine rings is 2. The number of hydrogen-bond donors (Lipinski definition) is 2. The van der Waals surface area contributed by atoms with E-state index in [0.717, 1.165) is 18.2 Å². The lowest BCUT2D eigenvalue weighted by Crippen LogP contribution is -2.50. The van der Waals surface area contributed by atoms with Gasteiger partial charge in [0.1, 0.15) is 11.2 Å². The van der Waals surface area contributed by atoms with E-state index in [2.05, 4.69) is 20.0 Å². The maximum Gasteiger partial charge on any atom is 0.573 e. The van der Waals surface area contributed by atoms with Gasteiger partial charge in [-0.25, -0.2) is 4.39 Å². The number of nitrogens with zero attached hydrogens (tertiary/aromatic N) is 1. The second kappa shape index (κ2) is 8.69. The molecule has 2 N–H and O–H groups in total. The number of methoxy groups -OCH3 is 1. The maximum atomic E-state index is 14.7. The Morgan fingerprint density at radius 2 is 2.00 bits per heavy atom. The van der Waals surface area contributed by atoms with Crippen molar-refractivity contribution < 1.29 is 36.6 Å². The number of H-pyrrole nitrogens is 1. The van der Waals surface area contributed by atoms with Gasteiger partial charge >= 0.3 is 6.36 Å². The predicted molar refractivity (Wildman–Crippen MR) is 109 cm³/mol. The van der Waals surface area contributed by atoms with E-state index >= 15 is 0 Å². The minimum Gasteiger partial charge on any atom is -0.493 e. The third-order valence-corrected chi connectivity index (χ3v) is 5.24. The summed E-state index contributed by atoms with van der Waals surface area (Å²) in [6.07, 6.45) is -2.43. The molecule has 3 aromatic rings. The van der Waals surface area contributed by atoms with E-state index in [1.807, 2.05) is 0 Å². The molecule has 178 valence electrons. The monoisotopic (exact) mass is 479 g/mol. The van der Waals surface area contributed by atoms with Crippen LogP contribution in [0, 0.1) is 5.82 Å². The summed E-state index contributed by atoms with van der Waals surface area (Å²) >= 11 is 0. The zero-order valence-corrected chi connectivity index (χ0v) is 17.5. The number of carbonyl (C=O) groups is 1. The van der Waals surface area contributed by atoms with Crippen LogP contribution < -0.4 is 25.1 Å². The van der Waals surface area contributed by atoms with Crippen molar-refractivity contribution in [3.05, 3.63) is 81.8 Å². The van der Waals surface area contributed by atoms with Crippen LogP contribution in [0.4, 0.5) is 17.6 Å². The van der Waals surface area contributed by atoms with Gasteiger partial charge < -0.3 is 24.5 Å². The summed E-state index contributed by atoms with van der Waals surface area (Å²) in [5.41, 5.74) is -1.57. The Kier molecular flexibility index (Phi) is 5.90. The molecule has 1 aliphatic heterocycles. The van der Waals surface area contributed by atoms with Crippen molar-refractivity contribution in [3.8, 4) is 17.2 Å². The summed E-state index contributed by atoms with van der Waals surface area (Å²) in [6, 6.07) is 6.84. The van der Waals surface area contributed by atoms with Crippen molar-refractivity contribution in [1.82, 2.24) is 15.3 Å². The first kappa shape index (κ1) is 23.1. The third kappa shape index (κ3) is 4.38. The fraction of sp³-hybridized carbons (Fsp3) is 0.227. The fourth-order valence-corrected chi connectivity index (χ4v) is 3.73. The summed E-state index contributed by atoms with van der Waals surface area (Å²) in [5.74, 6) is -2.48.